The molecule has 0 aromatic heterocycles. The van der Waals surface area contributed by atoms with Crippen molar-refractivity contribution in [1.29, 1.82) is 0 Å². The maximum Gasteiger partial charge on any atom is 0.254 e. The van der Waals surface area contributed by atoms with Gasteiger partial charge in [0, 0.05) is 29.7 Å². The first-order chi connectivity index (χ1) is 11.9. The quantitative estimate of drug-likeness (QED) is 0.653. The zero-order valence-corrected chi connectivity index (χ0v) is 16.4. The van der Waals surface area contributed by atoms with Crippen LogP contribution in [0.25, 0.3) is 0 Å². The number of halogens is 3. The van der Waals surface area contributed by atoms with Crippen molar-refractivity contribution in [2.45, 2.75) is 13.5 Å². The SMILES string of the molecule is CCOc1c(Br)cc(C(=O)N(C)Cc2c(F)cccc2Cl)cc1OC. The fraction of sp³-hybridized carbons (Fsp3) is 0.278. The van der Waals surface area contributed by atoms with Crippen molar-refractivity contribution in [2.75, 3.05) is 20.8 Å². The molecule has 2 aromatic carbocycles. The predicted octanol–water partition coefficient (Wildman–Crippen LogP) is 4.92. The van der Waals surface area contributed by atoms with Crippen LogP contribution < -0.4 is 9.47 Å². The van der Waals surface area contributed by atoms with Gasteiger partial charge in [0.25, 0.3) is 5.91 Å². The summed E-state index contributed by atoms with van der Waals surface area (Å²) in [4.78, 5) is 14.1. The molecule has 0 fully saturated rings. The van der Waals surface area contributed by atoms with Gasteiger partial charge in [0.05, 0.1) is 18.2 Å². The number of nitrogens with zero attached hydrogens (tertiary/aromatic N) is 1. The van der Waals surface area contributed by atoms with E-state index in [1.807, 2.05) is 6.92 Å². The van der Waals surface area contributed by atoms with E-state index in [1.165, 1.54) is 24.1 Å². The van der Waals surface area contributed by atoms with Crippen LogP contribution in [0.4, 0.5) is 4.39 Å². The molecule has 4 nitrogen and oxygen atoms in total. The van der Waals surface area contributed by atoms with Crippen molar-refractivity contribution >= 4 is 33.4 Å². The maximum absolute atomic E-state index is 13.9. The predicted molar refractivity (Wildman–Crippen MR) is 99.1 cm³/mol. The Hall–Kier alpha value is -1.79. The molecule has 0 heterocycles. The molecular weight excluding hydrogens is 413 g/mol. The first-order valence-corrected chi connectivity index (χ1v) is 8.74. The van der Waals surface area contributed by atoms with Crippen LogP contribution in [0, 0.1) is 5.82 Å². The number of rotatable bonds is 6. The van der Waals surface area contributed by atoms with E-state index in [0.29, 0.717) is 28.1 Å². The lowest BCUT2D eigenvalue weighted by molar-refractivity contribution is 0.0783. The highest BCUT2D eigenvalue weighted by Gasteiger charge is 2.20. The lowest BCUT2D eigenvalue weighted by Crippen LogP contribution is -2.27. The monoisotopic (exact) mass is 429 g/mol. The number of hydrogen-bond donors (Lipinski definition) is 0. The fourth-order valence-electron chi connectivity index (χ4n) is 2.34. The molecule has 2 rings (SSSR count). The minimum Gasteiger partial charge on any atom is -0.493 e. The van der Waals surface area contributed by atoms with Gasteiger partial charge in [0.2, 0.25) is 0 Å². The largest absolute Gasteiger partial charge is 0.493 e. The summed E-state index contributed by atoms with van der Waals surface area (Å²) in [6.07, 6.45) is 0. The van der Waals surface area contributed by atoms with Crippen LogP contribution in [0.2, 0.25) is 5.02 Å². The summed E-state index contributed by atoms with van der Waals surface area (Å²) in [5.74, 6) is 0.234. The Kier molecular flexibility index (Phi) is 6.67. The van der Waals surface area contributed by atoms with E-state index < -0.39 is 5.82 Å². The zero-order valence-electron chi connectivity index (χ0n) is 14.1. The van der Waals surface area contributed by atoms with Gasteiger partial charge in [-0.2, -0.15) is 0 Å². The second kappa shape index (κ2) is 8.54. The first-order valence-electron chi connectivity index (χ1n) is 7.57. The lowest BCUT2D eigenvalue weighted by atomic mass is 10.1. The zero-order chi connectivity index (χ0) is 18.6. The van der Waals surface area contributed by atoms with Crippen LogP contribution in [-0.2, 0) is 6.54 Å². The second-order valence-corrected chi connectivity index (χ2v) is 6.55. The van der Waals surface area contributed by atoms with E-state index >= 15 is 0 Å². The van der Waals surface area contributed by atoms with Crippen molar-refractivity contribution in [3.05, 3.63) is 56.8 Å². The van der Waals surface area contributed by atoms with Crippen LogP contribution in [-0.4, -0.2) is 31.6 Å². The molecule has 7 heteroatoms. The number of ether oxygens (including phenoxy) is 2. The average molecular weight is 431 g/mol. The Morgan fingerprint density at radius 2 is 2.08 bits per heavy atom. The van der Waals surface area contributed by atoms with E-state index in [1.54, 1.807) is 25.2 Å². The normalized spacial score (nSPS) is 10.5. The van der Waals surface area contributed by atoms with Gasteiger partial charge >= 0.3 is 0 Å². The Balaban J connectivity index is 2.29. The Morgan fingerprint density at radius 1 is 1.36 bits per heavy atom. The smallest absolute Gasteiger partial charge is 0.254 e. The molecule has 0 spiro atoms. The third-order valence-electron chi connectivity index (χ3n) is 3.57. The molecule has 2 aromatic rings. The van der Waals surface area contributed by atoms with Gasteiger partial charge in [-0.3, -0.25) is 4.79 Å². The Labute approximate surface area is 159 Å². The van der Waals surface area contributed by atoms with Crippen molar-refractivity contribution in [2.24, 2.45) is 0 Å². The van der Waals surface area contributed by atoms with Gasteiger partial charge in [0.15, 0.2) is 11.5 Å². The number of carbonyl (C=O) groups is 1. The number of amides is 1. The summed E-state index contributed by atoms with van der Waals surface area (Å²) in [5, 5.41) is 0.283. The Morgan fingerprint density at radius 3 is 2.68 bits per heavy atom. The topological polar surface area (TPSA) is 38.8 Å². The summed E-state index contributed by atoms with van der Waals surface area (Å²) in [6.45, 7) is 2.38. The molecule has 0 radical (unpaired) electrons. The van der Waals surface area contributed by atoms with Gasteiger partial charge in [-0.1, -0.05) is 17.7 Å². The lowest BCUT2D eigenvalue weighted by Gasteiger charge is -2.20. The number of carbonyl (C=O) groups excluding carboxylic acids is 1. The van der Waals surface area contributed by atoms with Gasteiger partial charge in [-0.05, 0) is 47.1 Å². The molecule has 134 valence electrons. The molecule has 25 heavy (non-hydrogen) atoms. The van der Waals surface area contributed by atoms with Crippen molar-refractivity contribution < 1.29 is 18.7 Å². The fourth-order valence-corrected chi connectivity index (χ4v) is 3.12. The third-order valence-corrected chi connectivity index (χ3v) is 4.51. The highest BCUT2D eigenvalue weighted by molar-refractivity contribution is 9.10. The molecule has 0 aliphatic heterocycles. The molecule has 0 aliphatic rings. The van der Waals surface area contributed by atoms with Crippen molar-refractivity contribution in [3.63, 3.8) is 0 Å². The Bertz CT molecular complexity index is 765. The van der Waals surface area contributed by atoms with E-state index in [2.05, 4.69) is 15.9 Å². The standard InChI is InChI=1S/C18H18BrClFNO3/c1-4-25-17-13(19)8-11(9-16(17)24-3)18(23)22(2)10-12-14(20)6-5-7-15(12)21/h5-9H,4,10H2,1-3H3. The van der Waals surface area contributed by atoms with Crippen LogP contribution in [0.1, 0.15) is 22.8 Å². The highest BCUT2D eigenvalue weighted by atomic mass is 79.9. The van der Waals surface area contributed by atoms with E-state index in [0.717, 1.165) is 0 Å². The summed E-state index contributed by atoms with van der Waals surface area (Å²) < 4.78 is 25.4. The molecule has 0 atom stereocenters. The van der Waals surface area contributed by atoms with Gasteiger partial charge < -0.3 is 14.4 Å². The number of benzene rings is 2. The summed E-state index contributed by atoms with van der Waals surface area (Å²) in [5.41, 5.74) is 0.666. The van der Waals surface area contributed by atoms with Gasteiger partial charge in [-0.15, -0.1) is 0 Å². The van der Waals surface area contributed by atoms with Crippen LogP contribution >= 0.6 is 27.5 Å². The van der Waals surface area contributed by atoms with E-state index in [4.69, 9.17) is 21.1 Å². The van der Waals surface area contributed by atoms with E-state index in [9.17, 15) is 9.18 Å². The molecular formula is C18H18BrClFNO3. The van der Waals surface area contributed by atoms with Crippen LogP contribution in [0.5, 0.6) is 11.5 Å². The minimum atomic E-state index is -0.447. The molecule has 0 saturated carbocycles. The second-order valence-electron chi connectivity index (χ2n) is 5.28. The molecule has 0 N–H and O–H groups in total. The molecule has 0 bridgehead atoms. The van der Waals surface area contributed by atoms with E-state index in [-0.39, 0.29) is 23.0 Å². The summed E-state index contributed by atoms with van der Waals surface area (Å²) in [7, 11) is 3.09. The number of methoxy groups -OCH3 is 1. The minimum absolute atomic E-state index is 0.0531. The number of hydrogen-bond acceptors (Lipinski definition) is 3. The van der Waals surface area contributed by atoms with Gasteiger partial charge in [0.1, 0.15) is 5.82 Å². The average Bonchev–Trinajstić information content (AvgIpc) is 2.59. The third kappa shape index (κ3) is 4.44. The summed E-state index contributed by atoms with van der Waals surface area (Å²) >= 11 is 9.42. The first kappa shape index (κ1) is 19.5. The molecule has 1 amide bonds. The molecule has 0 saturated heterocycles. The molecule has 0 unspecified atom stereocenters. The highest BCUT2D eigenvalue weighted by Crippen LogP contribution is 2.37. The molecule has 0 aliphatic carbocycles. The van der Waals surface area contributed by atoms with Gasteiger partial charge in [-0.25, -0.2) is 4.39 Å². The summed E-state index contributed by atoms with van der Waals surface area (Å²) in [6, 6.07) is 7.68. The maximum atomic E-state index is 13.9. The van der Waals surface area contributed by atoms with Crippen molar-refractivity contribution in [3.8, 4) is 11.5 Å². The van der Waals surface area contributed by atoms with Crippen molar-refractivity contribution in [1.82, 2.24) is 4.90 Å². The van der Waals surface area contributed by atoms with Crippen LogP contribution in [0.15, 0.2) is 34.8 Å². The van der Waals surface area contributed by atoms with Crippen LogP contribution in [0.3, 0.4) is 0 Å².